The number of hydrogen-bond acceptors (Lipinski definition) is 22. The molecule has 3 saturated heterocycles. The van der Waals surface area contributed by atoms with E-state index >= 15 is 0 Å². The summed E-state index contributed by atoms with van der Waals surface area (Å²) in [5.74, 6) is 3.07. The lowest BCUT2D eigenvalue weighted by molar-refractivity contribution is -0.0437. The van der Waals surface area contributed by atoms with Gasteiger partial charge in [-0.3, -0.25) is 23.5 Å². The minimum Gasteiger partial charge on any atom is -0.543 e. The zero-order valence-electron chi connectivity index (χ0n) is 76.4. The maximum Gasteiger partial charge on any atom is 0.516 e. The topological polar surface area (TPSA) is 345 Å². The molecule has 0 bridgehead atoms. The van der Waals surface area contributed by atoms with Gasteiger partial charge in [-0.15, -0.1) is 0 Å². The first-order valence-electron chi connectivity index (χ1n) is 41.5. The van der Waals surface area contributed by atoms with Gasteiger partial charge in [0.25, 0.3) is 5.91 Å². The van der Waals surface area contributed by atoms with Crippen LogP contribution in [0.15, 0.2) is 133 Å². The van der Waals surface area contributed by atoms with Gasteiger partial charge in [0, 0.05) is 70.2 Å². The first-order chi connectivity index (χ1) is 57.4. The number of benzene rings is 6. The van der Waals surface area contributed by atoms with E-state index in [9.17, 15) is 60.3 Å². The molecule has 5 N–H and O–H groups in total. The number of aromatic hydroxyl groups is 3. The fraction of sp³-hybridized carbons (Fsp3) is 0.505. The van der Waals surface area contributed by atoms with Crippen LogP contribution in [-0.4, -0.2) is 217 Å². The van der Waals surface area contributed by atoms with E-state index in [1.807, 2.05) is 106 Å². The molecule has 34 heteroatoms. The molecule has 6 aromatic rings. The van der Waals surface area contributed by atoms with Crippen molar-refractivity contribution in [2.75, 3.05) is 63.7 Å². The molecular formula is C91H125BF3N5O22SSi2. The number of para-hydroxylation sites is 1. The molecule has 6 aromatic carbocycles. The van der Waals surface area contributed by atoms with Gasteiger partial charge in [0.15, 0.2) is 17.3 Å². The molecule has 125 heavy (non-hydrogen) atoms. The number of Topliss-reactive ketones (excluding diaryl/α,β-unsaturated/α-hetero) is 3. The summed E-state index contributed by atoms with van der Waals surface area (Å²) >= 11 is 0. The number of allylic oxidation sites excluding steroid dienone is 1. The minimum atomic E-state index is -5.30. The van der Waals surface area contributed by atoms with Crippen LogP contribution < -0.4 is 32.8 Å². The quantitative estimate of drug-likeness (QED) is 0.0348. The fourth-order valence-corrected chi connectivity index (χ4v) is 16.2. The molecule has 0 radical (unpaired) electrons. The van der Waals surface area contributed by atoms with Crippen LogP contribution in [0.25, 0.3) is 5.57 Å². The Labute approximate surface area is 735 Å². The third-order valence-corrected chi connectivity index (χ3v) is 32.4. The van der Waals surface area contributed by atoms with Gasteiger partial charge in [-0.1, -0.05) is 71.9 Å². The number of ether oxygens (including phenoxy) is 6. The molecule has 3 atom stereocenters. The number of anilines is 1. The van der Waals surface area contributed by atoms with Crippen molar-refractivity contribution in [2.45, 2.75) is 239 Å². The average molecular weight is 1800 g/mol. The van der Waals surface area contributed by atoms with Gasteiger partial charge in [-0.25, -0.2) is 14.4 Å². The molecule has 6 aliphatic heterocycles. The highest BCUT2D eigenvalue weighted by Crippen LogP contribution is 2.47. The second-order valence-corrected chi connectivity index (χ2v) is 49.3. The normalized spacial score (nSPS) is 18.5. The van der Waals surface area contributed by atoms with Crippen LogP contribution in [0.5, 0.6) is 46.0 Å². The number of amides is 4. The maximum absolute atomic E-state index is 13.0. The number of hydrogen-bond donors (Lipinski definition) is 5. The number of ketones is 3. The highest BCUT2D eigenvalue weighted by atomic mass is 32.2. The number of sulfonamides is 1. The Hall–Kier alpha value is -10.3. The zero-order chi connectivity index (χ0) is 94.1. The van der Waals surface area contributed by atoms with Crippen LogP contribution in [0, 0.1) is 0 Å². The van der Waals surface area contributed by atoms with Gasteiger partial charge in [0.2, 0.25) is 16.6 Å². The first-order valence-corrected chi connectivity index (χ1v) is 48.8. The monoisotopic (exact) mass is 1800 g/mol. The fourth-order valence-electron chi connectivity index (χ4n) is 13.4. The molecule has 6 aliphatic rings. The number of likely N-dealkylation sites (tertiary alicyclic amines) is 3. The second kappa shape index (κ2) is 39.3. The van der Waals surface area contributed by atoms with Crippen molar-refractivity contribution in [3.8, 4) is 46.0 Å². The molecule has 4 amide bonds. The summed E-state index contributed by atoms with van der Waals surface area (Å²) in [6, 6.07) is 33.3. The van der Waals surface area contributed by atoms with E-state index in [4.69, 9.17) is 57.5 Å². The number of carbonyl (C=O) groups is 7. The van der Waals surface area contributed by atoms with Gasteiger partial charge in [-0.2, -0.15) is 21.6 Å². The van der Waals surface area contributed by atoms with E-state index in [0.29, 0.717) is 98.9 Å². The van der Waals surface area contributed by atoms with E-state index in [0.717, 1.165) is 41.9 Å². The van der Waals surface area contributed by atoms with Crippen LogP contribution in [0.4, 0.5) is 33.2 Å². The summed E-state index contributed by atoms with van der Waals surface area (Å²) in [5, 5.41) is 45.5. The Kier molecular flexibility index (Phi) is 32.0. The predicted octanol–water partition coefficient (Wildman–Crippen LogP) is 17.5. The van der Waals surface area contributed by atoms with E-state index in [-0.39, 0.29) is 97.3 Å². The van der Waals surface area contributed by atoms with Gasteiger partial charge >= 0.3 is 40.9 Å². The largest absolute Gasteiger partial charge is 0.543 e. The zero-order valence-corrected chi connectivity index (χ0v) is 79.2. The molecule has 3 fully saturated rings. The SMILES string of the molecule is CC(=O)c1cc(O)ccc1O.CC(C)(C)OC(=O)N1CCC2(CC(=O)c3cc(O)ccc3O2)C1.CC(C)(C)OC(=O)N1CCC2(CC(=O)c3cc(O[Si](C)(C)C(C)(C)C)ccc3O2)C1.CC1=CC2(CCN(C(=O)OC(C)(C)C)C2)Oc2ccc(O[Si](C)(C)C(C)(C)C)cc21.CCN(CC)C(=O)c1ccc(B(O)O)cc1.CN(c1ccccc1)S(=O)(=O)C(F)(F)F. The molecular weight excluding hydrogens is 1670 g/mol. The standard InChI is InChI=1S/C24H37NO4Si.C23H35NO5Si.C17H21NO5.C11H16BNO3.C8H8F3NO2S.C8H8O3/c1-17-15-24(12-13-25(16-24)21(26)28-22(2,3)4)27-20-11-10-18(14-19(17)20)29-30(8,9)23(5,6)7;1-21(2,3)28-20(26)24-12-11-23(15-24)14-18(25)17-13-16(9-10-19(17)27-23)29-30(7,8)22(4,5)6;1-16(2,3)23-15(21)18-7-6-17(10-18)9-13(20)12-8-11(19)4-5-14(12)22-17;1-3-13(4-2)11(14)9-5-7-10(8-6-9)12(15)16;1-12(7-5-3-2-4-6-7)15(13,14)8(9,10)11;1-5(9)7-4-6(10)2-3-8(7)11/h10-11,14-15H,12-13,16H2,1-9H3;9-10,13H,11-12,14-15H2,1-8H3;4-5,8,19H,6-7,9-10H2,1-3H3;5-8,15-16H,3-4H2,1-2H3;2-6H,1H3;2-4,10-11H,1H3. The van der Waals surface area contributed by atoms with Crippen molar-refractivity contribution >= 4 is 92.0 Å². The molecule has 27 nitrogen and oxygen atoms in total. The maximum atomic E-state index is 13.0. The van der Waals surface area contributed by atoms with Crippen molar-refractivity contribution in [2.24, 2.45) is 0 Å². The van der Waals surface area contributed by atoms with Crippen molar-refractivity contribution in [3.05, 3.63) is 161 Å². The number of rotatable bonds is 11. The lowest BCUT2D eigenvalue weighted by Crippen LogP contribution is -2.46. The van der Waals surface area contributed by atoms with E-state index in [1.54, 1.807) is 56.0 Å². The number of alkyl halides is 3. The molecule has 0 aliphatic carbocycles. The van der Waals surface area contributed by atoms with Crippen molar-refractivity contribution in [1.82, 2.24) is 19.6 Å². The summed E-state index contributed by atoms with van der Waals surface area (Å²) in [4.78, 5) is 91.8. The molecule has 0 aromatic heterocycles. The van der Waals surface area contributed by atoms with Gasteiger partial charge in [0.1, 0.15) is 79.6 Å². The Morgan fingerprint density at radius 3 is 1.34 bits per heavy atom. The summed E-state index contributed by atoms with van der Waals surface area (Å²) < 4.78 is 107. The van der Waals surface area contributed by atoms with Gasteiger partial charge in [0.05, 0.1) is 54.9 Å². The van der Waals surface area contributed by atoms with Crippen LogP contribution >= 0.6 is 0 Å². The molecule has 3 spiro atoms. The molecule has 3 unspecified atom stereocenters. The molecule has 0 saturated carbocycles. The van der Waals surface area contributed by atoms with Crippen LogP contribution in [0.1, 0.15) is 211 Å². The van der Waals surface area contributed by atoms with E-state index in [2.05, 4.69) is 86.8 Å². The highest BCUT2D eigenvalue weighted by Gasteiger charge is 2.52. The van der Waals surface area contributed by atoms with Crippen molar-refractivity contribution < 1.29 is 118 Å². The lowest BCUT2D eigenvalue weighted by atomic mass is 9.80. The second-order valence-electron chi connectivity index (χ2n) is 37.9. The predicted molar refractivity (Wildman–Crippen MR) is 479 cm³/mol. The summed E-state index contributed by atoms with van der Waals surface area (Å²) in [6.07, 6.45) is 3.53. The summed E-state index contributed by atoms with van der Waals surface area (Å²) in [7, 11) is -9.83. The molecule has 684 valence electrons. The van der Waals surface area contributed by atoms with E-state index < -0.39 is 72.9 Å². The van der Waals surface area contributed by atoms with Crippen molar-refractivity contribution in [3.63, 3.8) is 0 Å². The van der Waals surface area contributed by atoms with Crippen molar-refractivity contribution in [1.29, 1.82) is 0 Å². The third-order valence-electron chi connectivity index (χ3n) is 22.2. The van der Waals surface area contributed by atoms with Crippen LogP contribution in [-0.2, 0) is 24.2 Å². The number of phenols is 3. The number of fused-ring (bicyclic) bond motifs is 3. The number of halogens is 3. The Bertz CT molecular complexity index is 5010. The van der Waals surface area contributed by atoms with Gasteiger partial charge in [-0.05, 0) is 240 Å². The minimum absolute atomic E-state index is 0.0204. The van der Waals surface area contributed by atoms with Crippen LogP contribution in [0.3, 0.4) is 0 Å². The Morgan fingerprint density at radius 2 is 0.936 bits per heavy atom. The van der Waals surface area contributed by atoms with Crippen LogP contribution in [0.2, 0.25) is 36.3 Å². The highest BCUT2D eigenvalue weighted by molar-refractivity contribution is 7.93. The first kappa shape index (κ1) is 102. The molecule has 6 heterocycles. The number of phenolic OH excluding ortho intramolecular Hbond substituents is 3. The van der Waals surface area contributed by atoms with Gasteiger partial charge < -0.3 is 82.2 Å². The Balaban J connectivity index is 0.000000213. The summed E-state index contributed by atoms with van der Waals surface area (Å²) in [6.45, 7) is 50.3. The number of nitrogens with zero attached hydrogens (tertiary/aromatic N) is 5. The summed E-state index contributed by atoms with van der Waals surface area (Å²) in [5.41, 5.74) is -4.52. The third kappa shape index (κ3) is 27.1. The number of carbonyl (C=O) groups excluding carboxylic acids is 7. The van der Waals surface area contributed by atoms with E-state index in [1.165, 1.54) is 61.5 Å². The lowest BCUT2D eigenvalue weighted by Gasteiger charge is -2.37. The molecule has 12 rings (SSSR count). The average Bonchev–Trinajstić information content (AvgIpc) is 1.70. The Morgan fingerprint density at radius 1 is 0.536 bits per heavy atom. The smallest absolute Gasteiger partial charge is 0.516 e.